The summed E-state index contributed by atoms with van der Waals surface area (Å²) >= 11 is 0. The van der Waals surface area contributed by atoms with E-state index >= 15 is 0 Å². The summed E-state index contributed by atoms with van der Waals surface area (Å²) in [6, 6.07) is 0. The maximum atomic E-state index is 11.1. The third-order valence-corrected chi connectivity index (χ3v) is 3.25. The van der Waals surface area contributed by atoms with E-state index in [1.807, 2.05) is 0 Å². The molecule has 0 aliphatic heterocycles. The van der Waals surface area contributed by atoms with E-state index in [1.165, 1.54) is 0 Å². The zero-order chi connectivity index (χ0) is 11.5. The third-order valence-electron chi connectivity index (χ3n) is 3.25. The molecule has 82 valence electrons. The average molecular weight is 212 g/mol. The van der Waals surface area contributed by atoms with E-state index in [-0.39, 0.29) is 19.1 Å². The minimum atomic E-state index is -1.87. The van der Waals surface area contributed by atoms with Gasteiger partial charge in [-0.25, -0.2) is 0 Å². The summed E-state index contributed by atoms with van der Waals surface area (Å²) in [6.45, 7) is 0. The predicted octanol–water partition coefficient (Wildman–Crippen LogP) is 0.214. The first-order valence-electron chi connectivity index (χ1n) is 4.71. The van der Waals surface area contributed by atoms with Crippen LogP contribution in [0.15, 0.2) is 0 Å². The molecule has 0 radical (unpaired) electrons. The van der Waals surface area contributed by atoms with Crippen LogP contribution in [-0.4, -0.2) is 29.9 Å². The number of carbonyl (C=O) groups is 4. The van der Waals surface area contributed by atoms with E-state index in [0.29, 0.717) is 25.4 Å². The molecular weight excluding hydrogens is 200 g/mol. The lowest BCUT2D eigenvalue weighted by molar-refractivity contribution is -0.168. The third kappa shape index (κ3) is 1.38. The Kier molecular flexibility index (Phi) is 3.02. The van der Waals surface area contributed by atoms with Gasteiger partial charge in [0.25, 0.3) is 0 Å². The molecule has 1 atom stereocenters. The summed E-state index contributed by atoms with van der Waals surface area (Å²) in [7, 11) is 0. The quantitative estimate of drug-likeness (QED) is 0.531. The molecule has 0 amide bonds. The number of hydrogen-bond donors (Lipinski definition) is 1. The number of carboxylic acids is 1. The highest BCUT2D eigenvalue weighted by Gasteiger charge is 2.58. The lowest BCUT2D eigenvalue weighted by atomic mass is 9.58. The standard InChI is InChI=1S/C10H12O5/c11-5-9(6-12)3-1-2-4-10(9,7-13)8(14)15/h5-7H,1-4H2,(H,14,15). The first-order chi connectivity index (χ1) is 7.08. The number of aldehydes is 3. The summed E-state index contributed by atoms with van der Waals surface area (Å²) in [6.07, 6.45) is 2.14. The van der Waals surface area contributed by atoms with Gasteiger partial charge in [0.1, 0.15) is 29.7 Å². The number of rotatable bonds is 4. The van der Waals surface area contributed by atoms with Crippen molar-refractivity contribution in [3.63, 3.8) is 0 Å². The largest absolute Gasteiger partial charge is 0.480 e. The normalized spacial score (nSPS) is 29.1. The lowest BCUT2D eigenvalue weighted by Gasteiger charge is -2.40. The molecule has 5 heteroatoms. The van der Waals surface area contributed by atoms with Gasteiger partial charge >= 0.3 is 5.97 Å². The van der Waals surface area contributed by atoms with Crippen LogP contribution in [0, 0.1) is 10.8 Å². The van der Waals surface area contributed by atoms with Crippen LogP contribution in [0.3, 0.4) is 0 Å². The molecule has 0 bridgehead atoms. The maximum absolute atomic E-state index is 11.1. The maximum Gasteiger partial charge on any atom is 0.318 e. The average Bonchev–Trinajstić information content (AvgIpc) is 2.28. The molecule has 1 saturated carbocycles. The minimum absolute atomic E-state index is 0.0450. The van der Waals surface area contributed by atoms with E-state index in [2.05, 4.69) is 0 Å². The Hall–Kier alpha value is -1.52. The fraction of sp³-hybridized carbons (Fsp3) is 0.600. The Morgan fingerprint density at radius 1 is 1.00 bits per heavy atom. The van der Waals surface area contributed by atoms with Crippen LogP contribution < -0.4 is 0 Å². The van der Waals surface area contributed by atoms with Gasteiger partial charge in [-0.05, 0) is 12.8 Å². The molecule has 1 aliphatic carbocycles. The van der Waals surface area contributed by atoms with Crippen molar-refractivity contribution in [2.24, 2.45) is 10.8 Å². The van der Waals surface area contributed by atoms with Gasteiger partial charge in [0, 0.05) is 0 Å². The molecule has 5 nitrogen and oxygen atoms in total. The molecule has 1 fully saturated rings. The summed E-state index contributed by atoms with van der Waals surface area (Å²) < 4.78 is 0. The summed E-state index contributed by atoms with van der Waals surface area (Å²) in [5, 5.41) is 9.04. The van der Waals surface area contributed by atoms with Gasteiger partial charge in [-0.1, -0.05) is 12.8 Å². The van der Waals surface area contributed by atoms with Crippen molar-refractivity contribution >= 4 is 24.8 Å². The van der Waals surface area contributed by atoms with E-state index in [0.717, 1.165) is 0 Å². The Balaban J connectivity index is 3.31. The van der Waals surface area contributed by atoms with E-state index in [1.54, 1.807) is 0 Å². The van der Waals surface area contributed by atoms with Crippen LogP contribution in [0.4, 0.5) is 0 Å². The van der Waals surface area contributed by atoms with Crippen molar-refractivity contribution < 1.29 is 24.3 Å². The van der Waals surface area contributed by atoms with Crippen molar-refractivity contribution in [1.82, 2.24) is 0 Å². The molecular formula is C10H12O5. The van der Waals surface area contributed by atoms with Crippen LogP contribution in [0.1, 0.15) is 25.7 Å². The molecule has 0 aromatic carbocycles. The van der Waals surface area contributed by atoms with Gasteiger partial charge in [-0.3, -0.25) is 4.79 Å². The second-order valence-corrected chi connectivity index (χ2v) is 3.88. The van der Waals surface area contributed by atoms with Gasteiger partial charge in [0.15, 0.2) is 0 Å². The monoisotopic (exact) mass is 212 g/mol. The van der Waals surface area contributed by atoms with Gasteiger partial charge < -0.3 is 19.5 Å². The molecule has 0 aromatic heterocycles. The van der Waals surface area contributed by atoms with Crippen molar-refractivity contribution in [3.05, 3.63) is 0 Å². The second-order valence-electron chi connectivity index (χ2n) is 3.88. The fourth-order valence-corrected chi connectivity index (χ4v) is 2.16. The van der Waals surface area contributed by atoms with Gasteiger partial charge in [-0.15, -0.1) is 0 Å². The lowest BCUT2D eigenvalue weighted by Crippen LogP contribution is -2.53. The zero-order valence-electron chi connectivity index (χ0n) is 8.14. The molecule has 0 aromatic rings. The zero-order valence-corrected chi connectivity index (χ0v) is 8.14. The smallest absolute Gasteiger partial charge is 0.318 e. The summed E-state index contributed by atoms with van der Waals surface area (Å²) in [5.74, 6) is -1.39. The van der Waals surface area contributed by atoms with Crippen LogP contribution in [0.2, 0.25) is 0 Å². The van der Waals surface area contributed by atoms with Crippen molar-refractivity contribution in [3.8, 4) is 0 Å². The van der Waals surface area contributed by atoms with Crippen molar-refractivity contribution in [2.45, 2.75) is 25.7 Å². The van der Waals surface area contributed by atoms with Gasteiger partial charge in [0.05, 0.1) is 0 Å². The molecule has 0 spiro atoms. The number of carbonyl (C=O) groups excluding carboxylic acids is 3. The van der Waals surface area contributed by atoms with Crippen molar-refractivity contribution in [1.29, 1.82) is 0 Å². The molecule has 1 rings (SSSR count). The molecule has 0 heterocycles. The molecule has 15 heavy (non-hydrogen) atoms. The van der Waals surface area contributed by atoms with Crippen LogP contribution in [0.5, 0.6) is 0 Å². The van der Waals surface area contributed by atoms with E-state index in [4.69, 9.17) is 5.11 Å². The Morgan fingerprint density at radius 2 is 1.53 bits per heavy atom. The highest BCUT2D eigenvalue weighted by Crippen LogP contribution is 2.47. The topological polar surface area (TPSA) is 88.5 Å². The SMILES string of the molecule is O=CC1(C=O)CCCCC1(C=O)C(=O)O. The second kappa shape index (κ2) is 3.92. The van der Waals surface area contributed by atoms with E-state index < -0.39 is 16.8 Å². The fourth-order valence-electron chi connectivity index (χ4n) is 2.16. The Bertz CT molecular complexity index is 301. The van der Waals surface area contributed by atoms with Crippen LogP contribution in [-0.2, 0) is 19.2 Å². The van der Waals surface area contributed by atoms with E-state index in [9.17, 15) is 19.2 Å². The van der Waals surface area contributed by atoms with Crippen LogP contribution in [0.25, 0.3) is 0 Å². The highest BCUT2D eigenvalue weighted by atomic mass is 16.4. The molecule has 1 N–H and O–H groups in total. The van der Waals surface area contributed by atoms with Gasteiger partial charge in [-0.2, -0.15) is 0 Å². The number of carboxylic acid groups (broad SMARTS) is 1. The van der Waals surface area contributed by atoms with Gasteiger partial charge in [0.2, 0.25) is 0 Å². The summed E-state index contributed by atoms with van der Waals surface area (Å²) in [5.41, 5.74) is -3.55. The highest BCUT2D eigenvalue weighted by molar-refractivity contribution is 6.03. The number of hydrogen-bond acceptors (Lipinski definition) is 4. The molecule has 1 unspecified atom stereocenters. The molecule has 0 saturated heterocycles. The minimum Gasteiger partial charge on any atom is -0.480 e. The first-order valence-corrected chi connectivity index (χ1v) is 4.71. The van der Waals surface area contributed by atoms with Crippen LogP contribution >= 0.6 is 0 Å². The first kappa shape index (κ1) is 11.6. The summed E-state index contributed by atoms with van der Waals surface area (Å²) in [4.78, 5) is 43.9. The molecule has 1 aliphatic rings. The Morgan fingerprint density at radius 3 is 1.87 bits per heavy atom. The van der Waals surface area contributed by atoms with Crippen molar-refractivity contribution in [2.75, 3.05) is 0 Å². The predicted molar refractivity (Wildman–Crippen MR) is 49.2 cm³/mol. The number of aliphatic carboxylic acids is 1. The Labute approximate surface area is 86.5 Å².